The molecule has 0 amide bonds. The highest BCUT2D eigenvalue weighted by Gasteiger charge is 2.16. The third-order valence-corrected chi connectivity index (χ3v) is 4.09. The van der Waals surface area contributed by atoms with Gasteiger partial charge in [0, 0.05) is 18.8 Å². The molecule has 0 bridgehead atoms. The van der Waals surface area contributed by atoms with Crippen molar-refractivity contribution in [1.82, 2.24) is 24.3 Å². The monoisotopic (exact) mass is 301 g/mol. The third-order valence-electron chi connectivity index (χ3n) is 3.42. The molecular weight excluding hydrogens is 282 g/mol. The van der Waals surface area contributed by atoms with Crippen molar-refractivity contribution < 1.29 is 0 Å². The third kappa shape index (κ3) is 2.44. The van der Waals surface area contributed by atoms with E-state index in [2.05, 4.69) is 30.9 Å². The molecule has 0 aromatic carbocycles. The van der Waals surface area contributed by atoms with E-state index in [1.54, 1.807) is 11.8 Å². The van der Waals surface area contributed by atoms with Gasteiger partial charge in [0.1, 0.15) is 10.5 Å². The standard InChI is InChI=1S/C15H19N5S/c1-15(2,3)20-8-10(7-17-20)11-6-12-13(14(18-11)21-5)19(4)9-16-12/h6-9H,1-5H3. The molecule has 0 aliphatic heterocycles. The van der Waals surface area contributed by atoms with E-state index in [1.165, 1.54) is 0 Å². The van der Waals surface area contributed by atoms with Crippen LogP contribution >= 0.6 is 11.8 Å². The van der Waals surface area contributed by atoms with Gasteiger partial charge in [0.25, 0.3) is 0 Å². The molecule has 0 aliphatic carbocycles. The van der Waals surface area contributed by atoms with Crippen LogP contribution < -0.4 is 0 Å². The normalized spacial score (nSPS) is 12.2. The number of thioether (sulfide) groups is 1. The highest BCUT2D eigenvalue weighted by Crippen LogP contribution is 2.29. The molecule has 3 rings (SSSR count). The van der Waals surface area contributed by atoms with E-state index >= 15 is 0 Å². The van der Waals surface area contributed by atoms with Crippen molar-refractivity contribution in [1.29, 1.82) is 0 Å². The van der Waals surface area contributed by atoms with Crippen LogP contribution in [0.25, 0.3) is 22.3 Å². The molecule has 6 heteroatoms. The van der Waals surface area contributed by atoms with Crippen LogP contribution in [0.1, 0.15) is 20.8 Å². The summed E-state index contributed by atoms with van der Waals surface area (Å²) in [5.74, 6) is 0. The number of fused-ring (bicyclic) bond motifs is 1. The Morgan fingerprint density at radius 2 is 2.00 bits per heavy atom. The maximum atomic E-state index is 4.77. The fraction of sp³-hybridized carbons (Fsp3) is 0.400. The van der Waals surface area contributed by atoms with E-state index in [0.717, 1.165) is 27.3 Å². The molecule has 0 spiro atoms. The number of hydrogen-bond donors (Lipinski definition) is 0. The maximum absolute atomic E-state index is 4.77. The van der Waals surface area contributed by atoms with Crippen LogP contribution in [-0.2, 0) is 12.6 Å². The molecule has 0 saturated carbocycles. The van der Waals surface area contributed by atoms with Gasteiger partial charge in [-0.15, -0.1) is 11.8 Å². The average Bonchev–Trinajstić information content (AvgIpc) is 3.05. The van der Waals surface area contributed by atoms with Gasteiger partial charge in [0.2, 0.25) is 0 Å². The van der Waals surface area contributed by atoms with Crippen molar-refractivity contribution >= 4 is 22.8 Å². The van der Waals surface area contributed by atoms with E-state index in [4.69, 9.17) is 4.98 Å². The Morgan fingerprint density at radius 3 is 2.62 bits per heavy atom. The smallest absolute Gasteiger partial charge is 0.122 e. The first kappa shape index (κ1) is 14.1. The number of rotatable bonds is 2. The van der Waals surface area contributed by atoms with E-state index in [1.807, 2.05) is 47.3 Å². The molecule has 3 heterocycles. The molecule has 0 fully saturated rings. The fourth-order valence-corrected chi connectivity index (χ4v) is 2.88. The lowest BCUT2D eigenvalue weighted by molar-refractivity contribution is 0.355. The van der Waals surface area contributed by atoms with Gasteiger partial charge in [-0.1, -0.05) is 0 Å². The van der Waals surface area contributed by atoms with Gasteiger partial charge in [-0.05, 0) is 33.1 Å². The lowest BCUT2D eigenvalue weighted by Crippen LogP contribution is -2.21. The zero-order valence-corrected chi connectivity index (χ0v) is 13.8. The van der Waals surface area contributed by atoms with Gasteiger partial charge in [0.15, 0.2) is 0 Å². The van der Waals surface area contributed by atoms with Gasteiger partial charge in [-0.25, -0.2) is 9.97 Å². The van der Waals surface area contributed by atoms with Crippen molar-refractivity contribution in [3.05, 3.63) is 24.8 Å². The Balaban J connectivity index is 2.14. The second-order valence-electron chi connectivity index (χ2n) is 6.08. The van der Waals surface area contributed by atoms with E-state index in [9.17, 15) is 0 Å². The predicted octanol–water partition coefficient (Wildman–Crippen LogP) is 3.31. The summed E-state index contributed by atoms with van der Waals surface area (Å²) in [6.07, 6.45) is 7.78. The quantitative estimate of drug-likeness (QED) is 0.681. The van der Waals surface area contributed by atoms with Gasteiger partial charge in [-0.2, -0.15) is 5.10 Å². The van der Waals surface area contributed by atoms with Crippen LogP contribution in [0.15, 0.2) is 29.8 Å². The molecule has 0 saturated heterocycles. The maximum Gasteiger partial charge on any atom is 0.122 e. The number of imidazole rings is 1. The van der Waals surface area contributed by atoms with Crippen molar-refractivity contribution in [3.8, 4) is 11.3 Å². The fourth-order valence-electron chi connectivity index (χ4n) is 2.25. The van der Waals surface area contributed by atoms with Gasteiger partial charge in [0.05, 0.1) is 29.3 Å². The molecule has 0 radical (unpaired) electrons. The molecule has 0 aliphatic rings. The molecule has 0 unspecified atom stereocenters. The number of hydrogen-bond acceptors (Lipinski definition) is 4. The molecule has 3 aromatic heterocycles. The van der Waals surface area contributed by atoms with Crippen LogP contribution in [0.2, 0.25) is 0 Å². The molecule has 110 valence electrons. The van der Waals surface area contributed by atoms with E-state index in [0.29, 0.717) is 0 Å². The summed E-state index contributed by atoms with van der Waals surface area (Å²) in [4.78, 5) is 9.22. The first-order valence-corrected chi connectivity index (χ1v) is 8.04. The van der Waals surface area contributed by atoms with Gasteiger partial charge >= 0.3 is 0 Å². The Kier molecular flexibility index (Phi) is 3.28. The molecular formula is C15H19N5S. The Bertz CT molecular complexity index is 794. The Hall–Kier alpha value is -1.82. The lowest BCUT2D eigenvalue weighted by Gasteiger charge is -2.18. The molecule has 0 N–H and O–H groups in total. The molecule has 5 nitrogen and oxygen atoms in total. The summed E-state index contributed by atoms with van der Waals surface area (Å²) < 4.78 is 3.97. The van der Waals surface area contributed by atoms with Crippen molar-refractivity contribution in [2.75, 3.05) is 6.26 Å². The predicted molar refractivity (Wildman–Crippen MR) is 86.5 cm³/mol. The first-order chi connectivity index (χ1) is 9.90. The van der Waals surface area contributed by atoms with Gasteiger partial charge in [-0.3, -0.25) is 4.68 Å². The second kappa shape index (κ2) is 4.87. The van der Waals surface area contributed by atoms with Crippen LogP contribution in [0.3, 0.4) is 0 Å². The highest BCUT2D eigenvalue weighted by atomic mass is 32.2. The van der Waals surface area contributed by atoms with Crippen LogP contribution in [0.5, 0.6) is 0 Å². The van der Waals surface area contributed by atoms with Crippen LogP contribution in [0, 0.1) is 0 Å². The SMILES string of the molecule is CSc1nc(-c2cnn(C(C)(C)C)c2)cc2ncn(C)c12. The second-order valence-corrected chi connectivity index (χ2v) is 6.88. The Morgan fingerprint density at radius 1 is 1.24 bits per heavy atom. The summed E-state index contributed by atoms with van der Waals surface area (Å²) >= 11 is 1.64. The van der Waals surface area contributed by atoms with E-state index < -0.39 is 0 Å². The highest BCUT2D eigenvalue weighted by molar-refractivity contribution is 7.98. The number of nitrogens with zero attached hydrogens (tertiary/aromatic N) is 5. The first-order valence-electron chi connectivity index (χ1n) is 6.82. The minimum atomic E-state index is -0.0321. The largest absolute Gasteiger partial charge is 0.332 e. The summed E-state index contributed by atoms with van der Waals surface area (Å²) in [5, 5.41) is 5.44. The number of aromatic nitrogens is 5. The van der Waals surface area contributed by atoms with Crippen LogP contribution in [0.4, 0.5) is 0 Å². The number of pyridine rings is 1. The van der Waals surface area contributed by atoms with Crippen molar-refractivity contribution in [2.45, 2.75) is 31.3 Å². The minimum Gasteiger partial charge on any atom is -0.332 e. The van der Waals surface area contributed by atoms with Crippen molar-refractivity contribution in [2.24, 2.45) is 7.05 Å². The zero-order valence-electron chi connectivity index (χ0n) is 13.0. The van der Waals surface area contributed by atoms with E-state index in [-0.39, 0.29) is 5.54 Å². The summed E-state index contributed by atoms with van der Waals surface area (Å²) in [6, 6.07) is 2.03. The zero-order chi connectivity index (χ0) is 15.2. The lowest BCUT2D eigenvalue weighted by atomic mass is 10.1. The topological polar surface area (TPSA) is 48.5 Å². The molecule has 0 atom stereocenters. The summed E-state index contributed by atoms with van der Waals surface area (Å²) in [5.41, 5.74) is 3.95. The minimum absolute atomic E-state index is 0.0321. The Labute approximate surface area is 128 Å². The van der Waals surface area contributed by atoms with Gasteiger partial charge < -0.3 is 4.57 Å². The van der Waals surface area contributed by atoms with Crippen molar-refractivity contribution in [3.63, 3.8) is 0 Å². The average molecular weight is 301 g/mol. The summed E-state index contributed by atoms with van der Waals surface area (Å²) in [6.45, 7) is 6.39. The number of aryl methyl sites for hydroxylation is 1. The van der Waals surface area contributed by atoms with Crippen LogP contribution in [-0.4, -0.2) is 30.6 Å². The summed E-state index contributed by atoms with van der Waals surface area (Å²) in [7, 11) is 1.99. The molecule has 3 aromatic rings. The molecule has 21 heavy (non-hydrogen) atoms.